The number of hydrogen-bond acceptors (Lipinski definition) is 4. The van der Waals surface area contributed by atoms with Crippen molar-refractivity contribution in [1.29, 1.82) is 0 Å². The summed E-state index contributed by atoms with van der Waals surface area (Å²) in [5, 5.41) is 4.00. The van der Waals surface area contributed by atoms with Gasteiger partial charge in [0.1, 0.15) is 0 Å². The normalized spacial score (nSPS) is 11.7. The molecule has 0 amide bonds. The summed E-state index contributed by atoms with van der Waals surface area (Å²) in [4.78, 5) is 11.9. The maximum atomic E-state index is 12.6. The van der Waals surface area contributed by atoms with Crippen LogP contribution in [0.5, 0.6) is 0 Å². The number of aromatic nitrogens is 2. The molecule has 0 aliphatic carbocycles. The third-order valence-corrected chi connectivity index (χ3v) is 5.60. The summed E-state index contributed by atoms with van der Waals surface area (Å²) in [5.41, 5.74) is 4.56. The molecular formula is C17H22N2O3S. The molecule has 0 radical (unpaired) electrons. The van der Waals surface area contributed by atoms with Crippen molar-refractivity contribution >= 4 is 15.6 Å². The van der Waals surface area contributed by atoms with Gasteiger partial charge >= 0.3 is 0 Å². The van der Waals surface area contributed by atoms with Gasteiger partial charge in [-0.25, -0.2) is 8.42 Å². The molecule has 0 saturated heterocycles. The second-order valence-electron chi connectivity index (χ2n) is 6.02. The maximum Gasteiger partial charge on any atom is 0.160 e. The van der Waals surface area contributed by atoms with Crippen molar-refractivity contribution in [2.24, 2.45) is 7.05 Å². The van der Waals surface area contributed by atoms with E-state index in [4.69, 9.17) is 0 Å². The zero-order valence-corrected chi connectivity index (χ0v) is 15.0. The molecule has 0 aliphatic heterocycles. The molecule has 0 unspecified atom stereocenters. The quantitative estimate of drug-likeness (QED) is 0.788. The summed E-state index contributed by atoms with van der Waals surface area (Å²) >= 11 is 0. The molecule has 23 heavy (non-hydrogen) atoms. The van der Waals surface area contributed by atoms with E-state index in [-0.39, 0.29) is 17.3 Å². The lowest BCUT2D eigenvalue weighted by molar-refractivity contribution is 0.101. The Hall–Kier alpha value is -1.95. The molecule has 124 valence electrons. The van der Waals surface area contributed by atoms with Gasteiger partial charge < -0.3 is 0 Å². The molecule has 0 spiro atoms. The number of Topliss-reactive ketones (excluding diaryl/α,β-unsaturated/α-hetero) is 1. The number of carbonyl (C=O) groups excluding carboxylic acids is 1. The lowest BCUT2D eigenvalue weighted by Gasteiger charge is -2.16. The number of benzene rings is 1. The van der Waals surface area contributed by atoms with E-state index < -0.39 is 9.84 Å². The van der Waals surface area contributed by atoms with E-state index in [2.05, 4.69) is 5.10 Å². The molecule has 0 N–H and O–H groups in total. The highest BCUT2D eigenvalue weighted by atomic mass is 32.2. The van der Waals surface area contributed by atoms with Gasteiger partial charge in [-0.05, 0) is 56.0 Å². The molecule has 0 aliphatic rings. The minimum absolute atomic E-state index is 0.0368. The Labute approximate surface area is 137 Å². The van der Waals surface area contributed by atoms with Crippen molar-refractivity contribution in [3.8, 4) is 0 Å². The van der Waals surface area contributed by atoms with Crippen LogP contribution in [0.15, 0.2) is 18.3 Å². The van der Waals surface area contributed by atoms with Gasteiger partial charge in [0.05, 0.1) is 17.2 Å². The molecule has 0 atom stereocenters. The summed E-state index contributed by atoms with van der Waals surface area (Å²) in [6.07, 6.45) is 1.58. The fraction of sp³-hybridized carbons (Fsp3) is 0.412. The lowest BCUT2D eigenvalue weighted by atomic mass is 9.92. The standard InChI is InChI=1S/C17H22N2O3S/c1-11-8-12(2)17(14(4)20)13(3)16(11)10-23(21,22)9-15-6-7-18-19(15)5/h6-8H,9-10H2,1-5H3. The zero-order chi connectivity index (χ0) is 17.4. The van der Waals surface area contributed by atoms with E-state index in [1.807, 2.05) is 26.8 Å². The van der Waals surface area contributed by atoms with Crippen LogP contribution < -0.4 is 0 Å². The average Bonchev–Trinajstić information content (AvgIpc) is 2.79. The van der Waals surface area contributed by atoms with Crippen LogP contribution in [0.3, 0.4) is 0 Å². The van der Waals surface area contributed by atoms with Gasteiger partial charge in [0.25, 0.3) is 0 Å². The Kier molecular flexibility index (Phi) is 4.75. The maximum absolute atomic E-state index is 12.6. The molecule has 1 heterocycles. The van der Waals surface area contributed by atoms with Gasteiger partial charge in [-0.15, -0.1) is 0 Å². The number of ketones is 1. The first-order valence-electron chi connectivity index (χ1n) is 7.40. The lowest BCUT2D eigenvalue weighted by Crippen LogP contribution is -2.14. The first-order chi connectivity index (χ1) is 10.6. The van der Waals surface area contributed by atoms with Crippen LogP contribution in [0, 0.1) is 20.8 Å². The third-order valence-electron chi connectivity index (χ3n) is 4.14. The van der Waals surface area contributed by atoms with Crippen LogP contribution in [0.4, 0.5) is 0 Å². The smallest absolute Gasteiger partial charge is 0.160 e. The predicted octanol–water partition coefficient (Wildman–Crippen LogP) is 2.66. The molecule has 1 aromatic heterocycles. The van der Waals surface area contributed by atoms with Crippen LogP contribution >= 0.6 is 0 Å². The molecule has 2 aromatic rings. The van der Waals surface area contributed by atoms with Crippen molar-refractivity contribution in [3.63, 3.8) is 0 Å². The molecule has 0 fully saturated rings. The van der Waals surface area contributed by atoms with Gasteiger partial charge in [0.15, 0.2) is 15.6 Å². The van der Waals surface area contributed by atoms with E-state index in [1.165, 1.54) is 6.92 Å². The number of aryl methyl sites for hydroxylation is 3. The van der Waals surface area contributed by atoms with Crippen LogP contribution in [0.25, 0.3) is 0 Å². The van der Waals surface area contributed by atoms with Gasteiger partial charge in [0.2, 0.25) is 0 Å². The van der Waals surface area contributed by atoms with Gasteiger partial charge in [-0.1, -0.05) is 6.07 Å². The zero-order valence-electron chi connectivity index (χ0n) is 14.2. The summed E-state index contributed by atoms with van der Waals surface area (Å²) in [6, 6.07) is 3.59. The van der Waals surface area contributed by atoms with Crippen molar-refractivity contribution in [2.45, 2.75) is 39.2 Å². The van der Waals surface area contributed by atoms with Gasteiger partial charge in [-0.3, -0.25) is 9.48 Å². The number of nitrogens with zero attached hydrogens (tertiary/aromatic N) is 2. The molecular weight excluding hydrogens is 312 g/mol. The first kappa shape index (κ1) is 17.4. The molecule has 0 bridgehead atoms. The second kappa shape index (κ2) is 6.28. The Bertz CT molecular complexity index is 864. The Morgan fingerprint density at radius 1 is 1.17 bits per heavy atom. The monoisotopic (exact) mass is 334 g/mol. The highest BCUT2D eigenvalue weighted by molar-refractivity contribution is 7.89. The van der Waals surface area contributed by atoms with E-state index in [1.54, 1.807) is 24.0 Å². The van der Waals surface area contributed by atoms with E-state index >= 15 is 0 Å². The summed E-state index contributed by atoms with van der Waals surface area (Å²) in [6.45, 7) is 7.10. The van der Waals surface area contributed by atoms with Crippen molar-refractivity contribution in [3.05, 3.63) is 51.8 Å². The molecule has 5 nitrogen and oxygen atoms in total. The SMILES string of the molecule is CC(=O)c1c(C)cc(C)c(CS(=O)(=O)Cc2ccnn2C)c1C. The number of hydrogen-bond donors (Lipinski definition) is 0. The van der Waals surface area contributed by atoms with Crippen LogP contribution in [0.1, 0.15) is 45.2 Å². The van der Waals surface area contributed by atoms with Crippen LogP contribution in [-0.4, -0.2) is 24.0 Å². The minimum Gasteiger partial charge on any atom is -0.294 e. The Morgan fingerprint density at radius 2 is 1.83 bits per heavy atom. The van der Waals surface area contributed by atoms with Crippen molar-refractivity contribution in [1.82, 2.24) is 9.78 Å². The van der Waals surface area contributed by atoms with Gasteiger partial charge in [-0.2, -0.15) is 5.10 Å². The number of sulfone groups is 1. The van der Waals surface area contributed by atoms with E-state index in [0.717, 1.165) is 22.3 Å². The minimum atomic E-state index is -3.35. The summed E-state index contributed by atoms with van der Waals surface area (Å²) in [7, 11) is -1.63. The van der Waals surface area contributed by atoms with Crippen molar-refractivity contribution in [2.75, 3.05) is 0 Å². The van der Waals surface area contributed by atoms with Crippen LogP contribution in [-0.2, 0) is 28.4 Å². The Balaban J connectivity index is 2.41. The Morgan fingerprint density at radius 3 is 2.35 bits per heavy atom. The summed E-state index contributed by atoms with van der Waals surface area (Å²) in [5.74, 6) is -0.174. The van der Waals surface area contributed by atoms with Gasteiger partial charge in [0, 0.05) is 18.8 Å². The average molecular weight is 334 g/mol. The highest BCUT2D eigenvalue weighted by Crippen LogP contribution is 2.25. The fourth-order valence-electron chi connectivity index (χ4n) is 3.03. The summed E-state index contributed by atoms with van der Waals surface area (Å²) < 4.78 is 26.7. The fourth-order valence-corrected chi connectivity index (χ4v) is 4.75. The van der Waals surface area contributed by atoms with E-state index in [0.29, 0.717) is 11.3 Å². The molecule has 2 rings (SSSR count). The largest absolute Gasteiger partial charge is 0.294 e. The van der Waals surface area contributed by atoms with Crippen LogP contribution in [0.2, 0.25) is 0 Å². The molecule has 0 saturated carbocycles. The topological polar surface area (TPSA) is 69.0 Å². The first-order valence-corrected chi connectivity index (χ1v) is 9.22. The van der Waals surface area contributed by atoms with Crippen molar-refractivity contribution < 1.29 is 13.2 Å². The highest BCUT2D eigenvalue weighted by Gasteiger charge is 2.21. The molecule has 6 heteroatoms. The number of rotatable bonds is 5. The van der Waals surface area contributed by atoms with E-state index in [9.17, 15) is 13.2 Å². The third kappa shape index (κ3) is 3.69. The second-order valence-corrected chi connectivity index (χ2v) is 8.09. The predicted molar refractivity (Wildman–Crippen MR) is 90.2 cm³/mol. The number of carbonyl (C=O) groups is 1. The molecule has 1 aromatic carbocycles.